The molecule has 0 spiro atoms. The van der Waals surface area contributed by atoms with Gasteiger partial charge in [-0.25, -0.2) is 0 Å². The van der Waals surface area contributed by atoms with Gasteiger partial charge in [0.2, 0.25) is 0 Å². The third-order valence-electron chi connectivity index (χ3n) is 3.17. The molecule has 0 radical (unpaired) electrons. The van der Waals surface area contributed by atoms with Crippen LogP contribution in [0.4, 0.5) is 0 Å². The predicted molar refractivity (Wildman–Crippen MR) is 92.2 cm³/mol. The largest absolute Gasteiger partial charge is 0.312 e. The Morgan fingerprint density at radius 3 is 2.76 bits per heavy atom. The standard InChI is InChI=1S/C16H19N3S2/c1-16(2,3)17-9-8-14-18-19-15(21-14)12-10-20-13-7-5-4-6-11(12)13/h4-7,10,17H,8-9H2,1-3H3. The molecule has 110 valence electrons. The van der Waals surface area contributed by atoms with Gasteiger partial charge in [0.1, 0.15) is 10.0 Å². The molecule has 0 aliphatic heterocycles. The summed E-state index contributed by atoms with van der Waals surface area (Å²) in [6.07, 6.45) is 0.928. The molecular formula is C16H19N3S2. The molecule has 0 bridgehead atoms. The van der Waals surface area contributed by atoms with E-state index < -0.39 is 0 Å². The maximum Gasteiger partial charge on any atom is 0.149 e. The van der Waals surface area contributed by atoms with E-state index in [-0.39, 0.29) is 5.54 Å². The molecule has 2 heterocycles. The molecular weight excluding hydrogens is 298 g/mol. The zero-order valence-electron chi connectivity index (χ0n) is 12.5. The molecule has 0 fully saturated rings. The summed E-state index contributed by atoms with van der Waals surface area (Å²) in [5.74, 6) is 0. The Bertz CT molecular complexity index is 737. The van der Waals surface area contributed by atoms with Crippen molar-refractivity contribution < 1.29 is 0 Å². The molecule has 0 amide bonds. The zero-order chi connectivity index (χ0) is 14.9. The SMILES string of the molecule is CC(C)(C)NCCc1nnc(-c2csc3ccccc23)s1. The summed E-state index contributed by atoms with van der Waals surface area (Å²) in [6.45, 7) is 7.46. The first-order valence-corrected chi connectivity index (χ1v) is 8.76. The van der Waals surface area contributed by atoms with E-state index in [2.05, 4.69) is 65.9 Å². The smallest absolute Gasteiger partial charge is 0.149 e. The molecule has 0 unspecified atom stereocenters. The van der Waals surface area contributed by atoms with E-state index in [0.717, 1.165) is 23.0 Å². The van der Waals surface area contributed by atoms with Gasteiger partial charge in [0.05, 0.1) is 0 Å². The van der Waals surface area contributed by atoms with Gasteiger partial charge >= 0.3 is 0 Å². The second-order valence-electron chi connectivity index (χ2n) is 6.07. The molecule has 3 aromatic rings. The van der Waals surface area contributed by atoms with Crippen LogP contribution < -0.4 is 5.32 Å². The lowest BCUT2D eigenvalue weighted by atomic mass is 10.1. The molecule has 3 rings (SSSR count). The maximum absolute atomic E-state index is 4.37. The second-order valence-corrected chi connectivity index (χ2v) is 8.05. The van der Waals surface area contributed by atoms with E-state index in [4.69, 9.17) is 0 Å². The first kappa shape index (κ1) is 14.6. The molecule has 1 aromatic carbocycles. The molecule has 0 aliphatic carbocycles. The molecule has 0 saturated heterocycles. The minimum absolute atomic E-state index is 0.150. The molecule has 0 saturated carbocycles. The summed E-state index contributed by atoms with van der Waals surface area (Å²) in [7, 11) is 0. The van der Waals surface area contributed by atoms with Gasteiger partial charge in [-0.3, -0.25) is 0 Å². The van der Waals surface area contributed by atoms with Crippen LogP contribution in [-0.4, -0.2) is 22.3 Å². The van der Waals surface area contributed by atoms with Crippen LogP contribution in [0.2, 0.25) is 0 Å². The summed E-state index contributed by atoms with van der Waals surface area (Å²) in [5.41, 5.74) is 1.36. The number of hydrogen-bond acceptors (Lipinski definition) is 5. The lowest BCUT2D eigenvalue weighted by molar-refractivity contribution is 0.429. The number of rotatable bonds is 4. The Balaban J connectivity index is 1.76. The van der Waals surface area contributed by atoms with Crippen molar-refractivity contribution in [2.24, 2.45) is 0 Å². The summed E-state index contributed by atoms with van der Waals surface area (Å²) < 4.78 is 1.30. The van der Waals surface area contributed by atoms with Crippen LogP contribution in [0.3, 0.4) is 0 Å². The third kappa shape index (κ3) is 3.48. The molecule has 0 aliphatic rings. The average molecular weight is 317 g/mol. The van der Waals surface area contributed by atoms with Crippen LogP contribution in [0.25, 0.3) is 20.7 Å². The highest BCUT2D eigenvalue weighted by molar-refractivity contribution is 7.19. The van der Waals surface area contributed by atoms with Gasteiger partial charge in [-0.15, -0.1) is 21.5 Å². The molecule has 21 heavy (non-hydrogen) atoms. The second kappa shape index (κ2) is 5.83. The van der Waals surface area contributed by atoms with E-state index in [1.165, 1.54) is 15.6 Å². The minimum atomic E-state index is 0.150. The highest BCUT2D eigenvalue weighted by Crippen LogP contribution is 2.35. The molecule has 3 nitrogen and oxygen atoms in total. The number of benzene rings is 1. The van der Waals surface area contributed by atoms with Crippen molar-refractivity contribution in [3.8, 4) is 10.6 Å². The van der Waals surface area contributed by atoms with Crippen molar-refractivity contribution in [3.63, 3.8) is 0 Å². The maximum atomic E-state index is 4.37. The van der Waals surface area contributed by atoms with Crippen molar-refractivity contribution in [3.05, 3.63) is 34.7 Å². The molecule has 2 aromatic heterocycles. The lowest BCUT2D eigenvalue weighted by Crippen LogP contribution is -2.37. The highest BCUT2D eigenvalue weighted by atomic mass is 32.1. The number of thiophene rings is 1. The van der Waals surface area contributed by atoms with Crippen LogP contribution in [0.5, 0.6) is 0 Å². The Kier molecular flexibility index (Phi) is 4.06. The van der Waals surface area contributed by atoms with Crippen LogP contribution in [0, 0.1) is 0 Å². The summed E-state index contributed by atoms with van der Waals surface area (Å²) in [6, 6.07) is 8.46. The normalized spacial score (nSPS) is 12.1. The molecule has 1 N–H and O–H groups in total. The number of fused-ring (bicyclic) bond motifs is 1. The van der Waals surface area contributed by atoms with E-state index in [0.29, 0.717) is 0 Å². The van der Waals surface area contributed by atoms with Crippen LogP contribution >= 0.6 is 22.7 Å². The topological polar surface area (TPSA) is 37.8 Å². The summed E-state index contributed by atoms with van der Waals surface area (Å²) in [4.78, 5) is 0. The predicted octanol–water partition coefficient (Wildman–Crippen LogP) is 4.35. The van der Waals surface area contributed by atoms with Crippen LogP contribution in [0.1, 0.15) is 25.8 Å². The van der Waals surface area contributed by atoms with Crippen molar-refractivity contribution in [1.29, 1.82) is 0 Å². The van der Waals surface area contributed by atoms with Crippen LogP contribution in [0.15, 0.2) is 29.6 Å². The highest BCUT2D eigenvalue weighted by Gasteiger charge is 2.13. The number of nitrogens with zero attached hydrogens (tertiary/aromatic N) is 2. The summed E-state index contributed by atoms with van der Waals surface area (Å²) >= 11 is 3.47. The Hall–Kier alpha value is -1.30. The zero-order valence-corrected chi connectivity index (χ0v) is 14.1. The van der Waals surface area contributed by atoms with Crippen molar-refractivity contribution in [2.45, 2.75) is 32.7 Å². The van der Waals surface area contributed by atoms with E-state index >= 15 is 0 Å². The number of aromatic nitrogens is 2. The molecule has 5 heteroatoms. The Labute approximate surface area is 133 Å². The quantitative estimate of drug-likeness (QED) is 0.777. The van der Waals surface area contributed by atoms with Gasteiger partial charge in [-0.1, -0.05) is 29.5 Å². The summed E-state index contributed by atoms with van der Waals surface area (Å²) in [5, 5.41) is 17.8. The van der Waals surface area contributed by atoms with Crippen LogP contribution in [-0.2, 0) is 6.42 Å². The number of hydrogen-bond donors (Lipinski definition) is 1. The fourth-order valence-electron chi connectivity index (χ4n) is 2.15. The van der Waals surface area contributed by atoms with Gasteiger partial charge in [-0.05, 0) is 26.8 Å². The van der Waals surface area contributed by atoms with E-state index in [1.54, 1.807) is 22.7 Å². The van der Waals surface area contributed by atoms with Gasteiger partial charge in [0.25, 0.3) is 0 Å². The third-order valence-corrected chi connectivity index (χ3v) is 5.15. The number of nitrogens with one attached hydrogen (secondary N) is 1. The van der Waals surface area contributed by atoms with E-state index in [9.17, 15) is 0 Å². The first-order valence-electron chi connectivity index (χ1n) is 7.07. The van der Waals surface area contributed by atoms with Gasteiger partial charge in [0.15, 0.2) is 0 Å². The average Bonchev–Trinajstić information content (AvgIpc) is 3.03. The molecule has 0 atom stereocenters. The fraction of sp³-hybridized carbons (Fsp3) is 0.375. The van der Waals surface area contributed by atoms with Crippen molar-refractivity contribution in [1.82, 2.24) is 15.5 Å². The van der Waals surface area contributed by atoms with Crippen molar-refractivity contribution >= 4 is 32.8 Å². The monoisotopic (exact) mass is 317 g/mol. The fourth-order valence-corrected chi connectivity index (χ4v) is 4.04. The lowest BCUT2D eigenvalue weighted by Gasteiger charge is -2.19. The van der Waals surface area contributed by atoms with Crippen molar-refractivity contribution in [2.75, 3.05) is 6.54 Å². The van der Waals surface area contributed by atoms with Gasteiger partial charge < -0.3 is 5.32 Å². The van der Waals surface area contributed by atoms with Gasteiger partial charge in [-0.2, -0.15) is 0 Å². The van der Waals surface area contributed by atoms with Gasteiger partial charge in [0, 0.05) is 39.5 Å². The first-order chi connectivity index (χ1) is 10.0. The van der Waals surface area contributed by atoms with E-state index in [1.807, 2.05) is 0 Å². The minimum Gasteiger partial charge on any atom is -0.312 e. The Morgan fingerprint density at radius 1 is 1.14 bits per heavy atom. The Morgan fingerprint density at radius 2 is 1.95 bits per heavy atom.